The number of carbonyl (C=O) groups excluding carboxylic acids is 1. The van der Waals surface area contributed by atoms with Crippen molar-refractivity contribution in [2.45, 2.75) is 4.90 Å². The number of Topliss-reactive ketones (excluding diaryl/α,β-unsaturated/α-hetero) is 1. The summed E-state index contributed by atoms with van der Waals surface area (Å²) < 4.78 is 38.3. The van der Waals surface area contributed by atoms with Crippen LogP contribution in [0.15, 0.2) is 47.5 Å². The molecule has 0 spiro atoms. The van der Waals surface area contributed by atoms with Crippen molar-refractivity contribution >= 4 is 15.6 Å². The maximum atomic E-state index is 12.7. The molecule has 2 rings (SSSR count). The summed E-state index contributed by atoms with van der Waals surface area (Å²) in [6, 6.07) is 7.64. The number of carbonyl (C=O) groups is 1. The van der Waals surface area contributed by atoms with Crippen LogP contribution in [0.3, 0.4) is 0 Å². The normalized spacial score (nSPS) is 11.5. The van der Waals surface area contributed by atoms with E-state index in [2.05, 4.69) is 0 Å². The monoisotopic (exact) mass is 281 g/mol. The number of benzene rings is 1. The van der Waals surface area contributed by atoms with Gasteiger partial charge in [-0.3, -0.25) is 4.79 Å². The van der Waals surface area contributed by atoms with Gasteiger partial charge < -0.3 is 4.57 Å². The molecule has 100 valence electrons. The molecular weight excluding hydrogens is 269 g/mol. The number of ketones is 1. The first-order valence-electron chi connectivity index (χ1n) is 5.53. The van der Waals surface area contributed by atoms with E-state index in [0.717, 1.165) is 24.3 Å². The number of hydrogen-bond donors (Lipinski definition) is 0. The number of halogens is 1. The van der Waals surface area contributed by atoms with Crippen LogP contribution in [0, 0.1) is 5.82 Å². The number of sulfone groups is 1. The Morgan fingerprint density at radius 2 is 1.84 bits per heavy atom. The fraction of sp³-hybridized carbons (Fsp3) is 0.154. The molecule has 0 N–H and O–H groups in total. The number of nitrogens with zero attached hydrogens (tertiary/aromatic N) is 1. The summed E-state index contributed by atoms with van der Waals surface area (Å²) in [4.78, 5) is 11.8. The minimum absolute atomic E-state index is 0.0588. The van der Waals surface area contributed by atoms with Crippen molar-refractivity contribution in [2.75, 3.05) is 5.75 Å². The van der Waals surface area contributed by atoms with E-state index in [1.165, 1.54) is 0 Å². The summed E-state index contributed by atoms with van der Waals surface area (Å²) in [5.41, 5.74) is 0.325. The third kappa shape index (κ3) is 2.90. The van der Waals surface area contributed by atoms with E-state index in [9.17, 15) is 17.6 Å². The first kappa shape index (κ1) is 13.5. The van der Waals surface area contributed by atoms with E-state index >= 15 is 0 Å². The smallest absolute Gasteiger partial charge is 0.194 e. The van der Waals surface area contributed by atoms with Gasteiger partial charge in [0.1, 0.15) is 11.6 Å². The molecule has 1 aromatic heterocycles. The largest absolute Gasteiger partial charge is 0.348 e. The highest BCUT2D eigenvalue weighted by Crippen LogP contribution is 2.14. The predicted octanol–water partition coefficient (Wildman–Crippen LogP) is 1.82. The third-order valence-electron chi connectivity index (χ3n) is 2.72. The molecule has 1 heterocycles. The highest BCUT2D eigenvalue weighted by Gasteiger charge is 2.21. The molecule has 0 atom stereocenters. The Labute approximate surface area is 110 Å². The topological polar surface area (TPSA) is 56.1 Å². The van der Waals surface area contributed by atoms with E-state index < -0.39 is 27.2 Å². The molecule has 0 aliphatic heterocycles. The Morgan fingerprint density at radius 1 is 1.21 bits per heavy atom. The summed E-state index contributed by atoms with van der Waals surface area (Å²) in [5.74, 6) is -1.64. The molecule has 19 heavy (non-hydrogen) atoms. The van der Waals surface area contributed by atoms with E-state index in [1.54, 1.807) is 29.9 Å². The van der Waals surface area contributed by atoms with Crippen LogP contribution in [-0.4, -0.2) is 24.5 Å². The fourth-order valence-corrected chi connectivity index (χ4v) is 2.93. The van der Waals surface area contributed by atoms with Crippen LogP contribution in [0.25, 0.3) is 0 Å². The Morgan fingerprint density at radius 3 is 2.37 bits per heavy atom. The van der Waals surface area contributed by atoms with Crippen molar-refractivity contribution in [3.8, 4) is 0 Å². The summed E-state index contributed by atoms with van der Waals surface area (Å²) >= 11 is 0. The zero-order valence-corrected chi connectivity index (χ0v) is 11.0. The molecule has 0 bridgehead atoms. The van der Waals surface area contributed by atoms with Crippen LogP contribution in [0.4, 0.5) is 4.39 Å². The maximum Gasteiger partial charge on any atom is 0.194 e. The van der Waals surface area contributed by atoms with Gasteiger partial charge >= 0.3 is 0 Å². The molecule has 0 amide bonds. The maximum absolute atomic E-state index is 12.7. The Bertz CT molecular complexity index is 702. The summed E-state index contributed by atoms with van der Waals surface area (Å²) in [6.07, 6.45) is 1.66. The van der Waals surface area contributed by atoms with Crippen molar-refractivity contribution in [2.24, 2.45) is 7.05 Å². The van der Waals surface area contributed by atoms with Crippen molar-refractivity contribution in [3.63, 3.8) is 0 Å². The molecule has 0 saturated heterocycles. The molecular formula is C13H12FNO3S. The highest BCUT2D eigenvalue weighted by molar-refractivity contribution is 7.92. The second-order valence-corrected chi connectivity index (χ2v) is 6.13. The van der Waals surface area contributed by atoms with Crippen LogP contribution < -0.4 is 0 Å². The lowest BCUT2D eigenvalue weighted by Gasteiger charge is -2.05. The van der Waals surface area contributed by atoms with Crippen LogP contribution in [0.5, 0.6) is 0 Å². The van der Waals surface area contributed by atoms with Gasteiger partial charge in [-0.1, -0.05) is 0 Å². The van der Waals surface area contributed by atoms with Crippen LogP contribution in [0.1, 0.15) is 10.5 Å². The van der Waals surface area contributed by atoms with Gasteiger partial charge in [0.2, 0.25) is 0 Å². The van der Waals surface area contributed by atoms with Crippen molar-refractivity contribution in [1.29, 1.82) is 0 Å². The van der Waals surface area contributed by atoms with E-state index in [4.69, 9.17) is 0 Å². The van der Waals surface area contributed by atoms with Gasteiger partial charge in [0.25, 0.3) is 0 Å². The van der Waals surface area contributed by atoms with Gasteiger partial charge in [0.05, 0.1) is 10.6 Å². The van der Waals surface area contributed by atoms with E-state index in [1.807, 2.05) is 0 Å². The standard InChI is InChI=1S/C13H12FNO3S/c1-15-8-2-3-12(15)13(16)9-19(17,18)11-6-4-10(14)5-7-11/h2-8H,9H2,1H3. The lowest BCUT2D eigenvalue weighted by Crippen LogP contribution is -2.18. The molecule has 0 aliphatic carbocycles. The average Bonchev–Trinajstić information content (AvgIpc) is 2.75. The summed E-state index contributed by atoms with van der Waals surface area (Å²) in [5, 5.41) is 0. The second-order valence-electron chi connectivity index (χ2n) is 4.14. The molecule has 4 nitrogen and oxygen atoms in total. The van der Waals surface area contributed by atoms with E-state index in [0.29, 0.717) is 5.69 Å². The Hall–Kier alpha value is -1.95. The summed E-state index contributed by atoms with van der Waals surface area (Å²) in [7, 11) is -2.08. The molecule has 6 heteroatoms. The SMILES string of the molecule is Cn1cccc1C(=O)CS(=O)(=O)c1ccc(F)cc1. The zero-order valence-electron chi connectivity index (χ0n) is 10.2. The van der Waals surface area contributed by atoms with Gasteiger partial charge in [0, 0.05) is 13.2 Å². The molecule has 2 aromatic rings. The fourth-order valence-electron chi connectivity index (χ4n) is 1.72. The quantitative estimate of drug-likeness (QED) is 0.634. The number of aryl methyl sites for hydroxylation is 1. The van der Waals surface area contributed by atoms with Gasteiger partial charge in [-0.2, -0.15) is 0 Å². The average molecular weight is 281 g/mol. The van der Waals surface area contributed by atoms with Crippen molar-refractivity contribution in [3.05, 3.63) is 54.1 Å². The van der Waals surface area contributed by atoms with E-state index in [-0.39, 0.29) is 4.90 Å². The van der Waals surface area contributed by atoms with Crippen LogP contribution in [0.2, 0.25) is 0 Å². The molecule has 0 radical (unpaired) electrons. The van der Waals surface area contributed by atoms with Crippen molar-refractivity contribution < 1.29 is 17.6 Å². The number of hydrogen-bond acceptors (Lipinski definition) is 3. The first-order valence-corrected chi connectivity index (χ1v) is 7.18. The molecule has 0 unspecified atom stereocenters. The van der Waals surface area contributed by atoms with Crippen LogP contribution in [-0.2, 0) is 16.9 Å². The zero-order chi connectivity index (χ0) is 14.0. The van der Waals surface area contributed by atoms with Gasteiger partial charge in [-0.15, -0.1) is 0 Å². The van der Waals surface area contributed by atoms with Crippen molar-refractivity contribution in [1.82, 2.24) is 4.57 Å². The molecule has 0 fully saturated rings. The third-order valence-corrected chi connectivity index (χ3v) is 4.36. The minimum atomic E-state index is -3.75. The number of aromatic nitrogens is 1. The van der Waals surface area contributed by atoms with Crippen LogP contribution >= 0.6 is 0 Å². The first-order chi connectivity index (χ1) is 8.90. The molecule has 0 aliphatic rings. The lowest BCUT2D eigenvalue weighted by molar-refractivity contribution is 0.101. The number of rotatable bonds is 4. The molecule has 0 saturated carbocycles. The van der Waals surface area contributed by atoms with Gasteiger partial charge in [-0.25, -0.2) is 12.8 Å². The van der Waals surface area contributed by atoms with Gasteiger partial charge in [-0.05, 0) is 36.4 Å². The molecule has 1 aromatic carbocycles. The minimum Gasteiger partial charge on any atom is -0.348 e. The Kier molecular flexibility index (Phi) is 3.53. The Balaban J connectivity index is 2.25. The summed E-state index contributed by atoms with van der Waals surface area (Å²) in [6.45, 7) is 0. The predicted molar refractivity (Wildman–Crippen MR) is 68.2 cm³/mol. The second kappa shape index (κ2) is 4.97. The lowest BCUT2D eigenvalue weighted by atomic mass is 10.3. The van der Waals surface area contributed by atoms with Gasteiger partial charge in [0.15, 0.2) is 15.6 Å². The highest BCUT2D eigenvalue weighted by atomic mass is 32.2.